The Hall–Kier alpha value is -0.960. The summed E-state index contributed by atoms with van der Waals surface area (Å²) >= 11 is 0. The molecule has 0 saturated carbocycles. The van der Waals surface area contributed by atoms with Gasteiger partial charge in [-0.25, -0.2) is 8.78 Å². The van der Waals surface area contributed by atoms with Gasteiger partial charge < -0.3 is 5.32 Å². The molecule has 106 valence electrons. The second kappa shape index (κ2) is 6.00. The first-order chi connectivity index (χ1) is 9.01. The fourth-order valence-electron chi connectivity index (χ4n) is 3.22. The Morgan fingerprint density at radius 1 is 1.21 bits per heavy atom. The van der Waals surface area contributed by atoms with Crippen molar-refractivity contribution < 1.29 is 8.78 Å². The van der Waals surface area contributed by atoms with Crippen molar-refractivity contribution in [1.82, 2.24) is 5.32 Å². The molecule has 1 nitrogen and oxygen atoms in total. The van der Waals surface area contributed by atoms with Gasteiger partial charge in [0.05, 0.1) is 0 Å². The van der Waals surface area contributed by atoms with E-state index in [1.165, 1.54) is 12.8 Å². The van der Waals surface area contributed by atoms with Crippen LogP contribution in [-0.4, -0.2) is 12.1 Å². The van der Waals surface area contributed by atoms with Crippen LogP contribution in [0.4, 0.5) is 8.78 Å². The average Bonchev–Trinajstić information content (AvgIpc) is 2.77. The van der Waals surface area contributed by atoms with Crippen LogP contribution >= 0.6 is 0 Å². The van der Waals surface area contributed by atoms with Gasteiger partial charge in [-0.05, 0) is 43.7 Å². The Kier molecular flexibility index (Phi) is 4.56. The molecule has 0 aliphatic carbocycles. The number of rotatable bonds is 5. The van der Waals surface area contributed by atoms with E-state index in [0.29, 0.717) is 5.92 Å². The predicted molar refractivity (Wildman–Crippen MR) is 74.5 cm³/mol. The van der Waals surface area contributed by atoms with Crippen LogP contribution in [-0.2, 0) is 6.42 Å². The summed E-state index contributed by atoms with van der Waals surface area (Å²) in [7, 11) is 0. The molecule has 1 fully saturated rings. The summed E-state index contributed by atoms with van der Waals surface area (Å²) in [6.07, 6.45) is 2.10. The third kappa shape index (κ3) is 3.75. The van der Waals surface area contributed by atoms with Gasteiger partial charge >= 0.3 is 0 Å². The molecule has 1 N–H and O–H groups in total. The van der Waals surface area contributed by atoms with E-state index in [2.05, 4.69) is 19.2 Å². The Balaban J connectivity index is 2.08. The van der Waals surface area contributed by atoms with E-state index in [1.54, 1.807) is 12.1 Å². The summed E-state index contributed by atoms with van der Waals surface area (Å²) in [6, 6.07) is 6.81. The highest BCUT2D eigenvalue weighted by molar-refractivity contribution is 5.25. The molecule has 1 aliphatic heterocycles. The maximum absolute atomic E-state index is 12.5. The van der Waals surface area contributed by atoms with Gasteiger partial charge in [-0.2, -0.15) is 0 Å². The maximum Gasteiger partial charge on any atom is 0.263 e. The minimum Gasteiger partial charge on any atom is -0.311 e. The topological polar surface area (TPSA) is 12.0 Å². The van der Waals surface area contributed by atoms with E-state index in [-0.39, 0.29) is 11.1 Å². The zero-order valence-electron chi connectivity index (χ0n) is 11.8. The molecule has 0 amide bonds. The summed E-state index contributed by atoms with van der Waals surface area (Å²) in [4.78, 5) is 0. The first-order valence-corrected chi connectivity index (χ1v) is 7.13. The lowest BCUT2D eigenvalue weighted by Gasteiger charge is -2.31. The molecule has 1 saturated heterocycles. The third-order valence-corrected chi connectivity index (χ3v) is 3.91. The minimum absolute atomic E-state index is 0.112. The monoisotopic (exact) mass is 267 g/mol. The van der Waals surface area contributed by atoms with Gasteiger partial charge in [0.25, 0.3) is 6.43 Å². The molecule has 0 bridgehead atoms. The van der Waals surface area contributed by atoms with Crippen molar-refractivity contribution in [3.63, 3.8) is 0 Å². The number of halogens is 2. The molecule has 19 heavy (non-hydrogen) atoms. The molecule has 0 aromatic heterocycles. The van der Waals surface area contributed by atoms with Crippen molar-refractivity contribution in [3.8, 4) is 0 Å². The lowest BCUT2D eigenvalue weighted by atomic mass is 9.82. The fourth-order valence-corrected chi connectivity index (χ4v) is 3.22. The van der Waals surface area contributed by atoms with Crippen molar-refractivity contribution >= 4 is 0 Å². The molecule has 1 atom stereocenters. The summed E-state index contributed by atoms with van der Waals surface area (Å²) in [5, 5.41) is 3.64. The maximum atomic E-state index is 12.5. The van der Waals surface area contributed by atoms with Crippen molar-refractivity contribution in [1.29, 1.82) is 0 Å². The largest absolute Gasteiger partial charge is 0.311 e. The summed E-state index contributed by atoms with van der Waals surface area (Å²) in [6.45, 7) is 5.55. The van der Waals surface area contributed by atoms with Crippen LogP contribution in [0.1, 0.15) is 50.7 Å². The Morgan fingerprint density at radius 3 is 2.37 bits per heavy atom. The van der Waals surface area contributed by atoms with E-state index in [0.717, 1.165) is 24.9 Å². The summed E-state index contributed by atoms with van der Waals surface area (Å²) in [5.74, 6) is 0.644. The van der Waals surface area contributed by atoms with E-state index < -0.39 is 6.43 Å². The van der Waals surface area contributed by atoms with Crippen molar-refractivity contribution in [3.05, 3.63) is 35.4 Å². The molecule has 0 spiro atoms. The summed E-state index contributed by atoms with van der Waals surface area (Å²) in [5.41, 5.74) is 1.43. The van der Waals surface area contributed by atoms with Gasteiger partial charge in [0.2, 0.25) is 0 Å². The van der Waals surface area contributed by atoms with E-state index in [9.17, 15) is 8.78 Å². The molecular formula is C16H23F2N. The second-order valence-electron chi connectivity index (χ2n) is 6.13. The zero-order valence-corrected chi connectivity index (χ0v) is 11.8. The van der Waals surface area contributed by atoms with Crippen LogP contribution in [0.3, 0.4) is 0 Å². The molecule has 1 heterocycles. The number of benzene rings is 1. The van der Waals surface area contributed by atoms with Crippen LogP contribution in [0, 0.1) is 5.92 Å². The molecule has 1 unspecified atom stereocenters. The van der Waals surface area contributed by atoms with Crippen LogP contribution in [0.2, 0.25) is 0 Å². The Labute approximate surface area is 114 Å². The number of hydrogen-bond acceptors (Lipinski definition) is 1. The molecule has 1 aliphatic rings. The van der Waals surface area contributed by atoms with Crippen LogP contribution in [0.5, 0.6) is 0 Å². The van der Waals surface area contributed by atoms with Crippen LogP contribution in [0.25, 0.3) is 0 Å². The van der Waals surface area contributed by atoms with Gasteiger partial charge in [0, 0.05) is 11.1 Å². The van der Waals surface area contributed by atoms with Crippen LogP contribution in [0.15, 0.2) is 24.3 Å². The fraction of sp³-hybridized carbons (Fsp3) is 0.625. The number of hydrogen-bond donors (Lipinski definition) is 1. The molecule has 1 aromatic rings. The van der Waals surface area contributed by atoms with Crippen LogP contribution < -0.4 is 5.32 Å². The molecule has 2 rings (SSSR count). The first-order valence-electron chi connectivity index (χ1n) is 7.13. The smallest absolute Gasteiger partial charge is 0.263 e. The van der Waals surface area contributed by atoms with Gasteiger partial charge in [-0.15, -0.1) is 0 Å². The van der Waals surface area contributed by atoms with Gasteiger partial charge in [-0.1, -0.05) is 38.1 Å². The predicted octanol–water partition coefficient (Wildman–Crippen LogP) is 4.34. The van der Waals surface area contributed by atoms with Gasteiger partial charge in [0.1, 0.15) is 0 Å². The average molecular weight is 267 g/mol. The SMILES string of the molecule is CC(C)CC1(Cc2ccc(C(F)F)cc2)CCCN1. The summed E-state index contributed by atoms with van der Waals surface area (Å²) < 4.78 is 25.1. The minimum atomic E-state index is -2.37. The normalized spacial score (nSPS) is 23.5. The van der Waals surface area contributed by atoms with E-state index >= 15 is 0 Å². The number of nitrogens with one attached hydrogen (secondary N) is 1. The Morgan fingerprint density at radius 2 is 1.89 bits per heavy atom. The van der Waals surface area contributed by atoms with Crippen molar-refractivity contribution in [2.24, 2.45) is 5.92 Å². The van der Waals surface area contributed by atoms with Gasteiger partial charge in [0.15, 0.2) is 0 Å². The highest BCUT2D eigenvalue weighted by Crippen LogP contribution is 2.31. The highest BCUT2D eigenvalue weighted by atomic mass is 19.3. The lowest BCUT2D eigenvalue weighted by Crippen LogP contribution is -2.43. The lowest BCUT2D eigenvalue weighted by molar-refractivity contribution is 0.151. The quantitative estimate of drug-likeness (QED) is 0.837. The van der Waals surface area contributed by atoms with E-state index in [1.807, 2.05) is 12.1 Å². The molecular weight excluding hydrogens is 244 g/mol. The third-order valence-electron chi connectivity index (χ3n) is 3.91. The molecule has 1 aromatic carbocycles. The standard InChI is InChI=1S/C16H23F2N/c1-12(2)10-16(8-3-9-19-16)11-13-4-6-14(7-5-13)15(17)18/h4-7,12,15,19H,3,8-11H2,1-2H3. The van der Waals surface area contributed by atoms with Crippen molar-refractivity contribution in [2.75, 3.05) is 6.54 Å². The Bertz CT molecular complexity index is 392. The molecule has 0 radical (unpaired) electrons. The molecule has 3 heteroatoms. The second-order valence-corrected chi connectivity index (χ2v) is 6.13. The van der Waals surface area contributed by atoms with E-state index in [4.69, 9.17) is 0 Å². The highest BCUT2D eigenvalue weighted by Gasteiger charge is 2.33. The van der Waals surface area contributed by atoms with Gasteiger partial charge in [-0.3, -0.25) is 0 Å². The zero-order chi connectivity index (χ0) is 13.9. The first kappa shape index (κ1) is 14.4. The number of alkyl halides is 2. The van der Waals surface area contributed by atoms with Crippen molar-refractivity contribution in [2.45, 2.75) is 51.5 Å².